The fraction of sp³-hybridized carbons (Fsp3) is 0.478. The van der Waals surface area contributed by atoms with Crippen molar-refractivity contribution in [3.8, 4) is 0 Å². The maximum atomic E-state index is 13.9. The number of rotatable bonds is 3. The zero-order valence-electron chi connectivity index (χ0n) is 17.5. The molecular weight excluding hydrogens is 369 g/mol. The Morgan fingerprint density at radius 3 is 2.48 bits per heavy atom. The van der Waals surface area contributed by atoms with E-state index in [1.807, 2.05) is 25.5 Å². The number of nitrogens with one attached hydrogen (secondary N) is 1. The van der Waals surface area contributed by atoms with Crippen molar-refractivity contribution >= 4 is 17.5 Å². The summed E-state index contributed by atoms with van der Waals surface area (Å²) < 4.78 is 15.9. The van der Waals surface area contributed by atoms with Gasteiger partial charge in [0.05, 0.1) is 5.56 Å². The Morgan fingerprint density at radius 2 is 1.83 bits per heavy atom. The van der Waals surface area contributed by atoms with Crippen molar-refractivity contribution in [2.24, 2.45) is 13.0 Å². The monoisotopic (exact) mass is 397 g/mol. The number of fused-ring (bicyclic) bond motifs is 1. The number of hydrogen-bond acceptors (Lipinski definition) is 2. The van der Waals surface area contributed by atoms with Gasteiger partial charge in [0, 0.05) is 35.7 Å². The molecule has 0 unspecified atom stereocenters. The van der Waals surface area contributed by atoms with E-state index in [0.717, 1.165) is 42.6 Å². The number of carbonyl (C=O) groups is 2. The highest BCUT2D eigenvalue weighted by Crippen LogP contribution is 2.42. The molecule has 1 atom stereocenters. The predicted molar refractivity (Wildman–Crippen MR) is 110 cm³/mol. The van der Waals surface area contributed by atoms with Crippen LogP contribution in [0.15, 0.2) is 24.3 Å². The van der Waals surface area contributed by atoms with E-state index in [-0.39, 0.29) is 17.9 Å². The van der Waals surface area contributed by atoms with E-state index >= 15 is 0 Å². The van der Waals surface area contributed by atoms with E-state index in [1.54, 1.807) is 12.1 Å². The third kappa shape index (κ3) is 3.24. The number of amides is 2. The van der Waals surface area contributed by atoms with Crippen LogP contribution >= 0.6 is 0 Å². The van der Waals surface area contributed by atoms with Crippen molar-refractivity contribution in [1.82, 2.24) is 9.88 Å². The van der Waals surface area contributed by atoms with E-state index in [9.17, 15) is 14.0 Å². The minimum absolute atomic E-state index is 0.123. The second-order valence-electron chi connectivity index (χ2n) is 8.54. The van der Waals surface area contributed by atoms with E-state index in [0.29, 0.717) is 17.2 Å². The standard InChI is InChI=1S/C23H28FN3O2/c1-13-8-10-17(11-9-13)25-22(28)21-19-14(2)26(4)15(3)20(19)23(29)27(21)18-7-5-6-16(24)12-18/h5-7,12-13,17,21H,8-11H2,1-4H3,(H,25,28)/t13?,17?,21-/m0/s1. The van der Waals surface area contributed by atoms with E-state index in [4.69, 9.17) is 0 Å². The second kappa shape index (κ2) is 7.32. The predicted octanol–water partition coefficient (Wildman–Crippen LogP) is 4.18. The molecule has 2 heterocycles. The maximum absolute atomic E-state index is 13.9. The number of benzene rings is 1. The molecule has 6 heteroatoms. The van der Waals surface area contributed by atoms with Crippen LogP contribution in [0.25, 0.3) is 0 Å². The SMILES string of the molecule is Cc1c2c(c(C)n1C)[C@@H](C(=O)NC1CCC(C)CC1)N(c1cccc(F)c1)C2=O. The summed E-state index contributed by atoms with van der Waals surface area (Å²) in [6, 6.07) is 5.25. The summed E-state index contributed by atoms with van der Waals surface area (Å²) in [6.07, 6.45) is 4.09. The van der Waals surface area contributed by atoms with Crippen molar-refractivity contribution in [3.05, 3.63) is 52.6 Å². The molecule has 0 radical (unpaired) electrons. The zero-order valence-corrected chi connectivity index (χ0v) is 17.5. The van der Waals surface area contributed by atoms with Crippen LogP contribution in [0.1, 0.15) is 66.0 Å². The molecule has 5 nitrogen and oxygen atoms in total. The molecule has 154 valence electrons. The first-order chi connectivity index (χ1) is 13.8. The number of hydrogen-bond donors (Lipinski definition) is 1. The summed E-state index contributed by atoms with van der Waals surface area (Å²) >= 11 is 0. The normalized spacial score (nSPS) is 24.0. The molecule has 1 aliphatic carbocycles. The van der Waals surface area contributed by atoms with Crippen LogP contribution in [-0.4, -0.2) is 22.4 Å². The topological polar surface area (TPSA) is 54.3 Å². The summed E-state index contributed by atoms with van der Waals surface area (Å²) in [6.45, 7) is 6.05. The molecule has 0 spiro atoms. The summed E-state index contributed by atoms with van der Waals surface area (Å²) in [5.74, 6) is -0.175. The van der Waals surface area contributed by atoms with Gasteiger partial charge in [0.2, 0.25) is 5.91 Å². The van der Waals surface area contributed by atoms with Gasteiger partial charge in [-0.1, -0.05) is 13.0 Å². The quantitative estimate of drug-likeness (QED) is 0.845. The highest BCUT2D eigenvalue weighted by Gasteiger charge is 2.46. The minimum atomic E-state index is -0.779. The number of aromatic nitrogens is 1. The molecule has 2 amide bonds. The number of carbonyl (C=O) groups excluding carboxylic acids is 2. The van der Waals surface area contributed by atoms with E-state index < -0.39 is 11.9 Å². The number of halogens is 1. The van der Waals surface area contributed by atoms with Gasteiger partial charge < -0.3 is 9.88 Å². The van der Waals surface area contributed by atoms with Crippen molar-refractivity contribution < 1.29 is 14.0 Å². The molecular formula is C23H28FN3O2. The van der Waals surface area contributed by atoms with Crippen LogP contribution in [0, 0.1) is 25.6 Å². The van der Waals surface area contributed by atoms with Crippen molar-refractivity contribution in [1.29, 1.82) is 0 Å². The molecule has 1 saturated carbocycles. The summed E-state index contributed by atoms with van der Waals surface area (Å²) in [5.41, 5.74) is 3.42. The van der Waals surface area contributed by atoms with Crippen molar-refractivity contribution in [2.75, 3.05) is 4.90 Å². The number of anilines is 1. The van der Waals surface area contributed by atoms with Crippen LogP contribution < -0.4 is 10.2 Å². The van der Waals surface area contributed by atoms with Gasteiger partial charge >= 0.3 is 0 Å². The first-order valence-electron chi connectivity index (χ1n) is 10.3. The lowest BCUT2D eigenvalue weighted by Gasteiger charge is -2.31. The molecule has 1 fully saturated rings. The van der Waals surface area contributed by atoms with Gasteiger partial charge in [-0.15, -0.1) is 0 Å². The Labute approximate surface area is 170 Å². The Bertz CT molecular complexity index is 973. The molecule has 1 aromatic heterocycles. The average molecular weight is 397 g/mol. The molecule has 0 saturated heterocycles. The molecule has 1 aliphatic heterocycles. The summed E-state index contributed by atoms with van der Waals surface area (Å²) in [5, 5.41) is 3.18. The van der Waals surface area contributed by atoms with Gasteiger partial charge in [0.1, 0.15) is 11.9 Å². The molecule has 2 aromatic rings. The molecule has 1 aromatic carbocycles. The third-order valence-electron chi connectivity index (χ3n) is 6.69. The van der Waals surface area contributed by atoms with Gasteiger partial charge in [-0.2, -0.15) is 0 Å². The van der Waals surface area contributed by atoms with Crippen molar-refractivity contribution in [2.45, 2.75) is 58.5 Å². The van der Waals surface area contributed by atoms with E-state index in [1.165, 1.54) is 17.0 Å². The fourth-order valence-electron chi connectivity index (χ4n) is 4.77. The Hall–Kier alpha value is -2.63. The highest BCUT2D eigenvalue weighted by molar-refractivity contribution is 6.16. The van der Waals surface area contributed by atoms with Gasteiger partial charge in [-0.25, -0.2) is 4.39 Å². The Morgan fingerprint density at radius 1 is 1.14 bits per heavy atom. The molecule has 2 aliphatic rings. The lowest BCUT2D eigenvalue weighted by molar-refractivity contribution is -0.123. The highest BCUT2D eigenvalue weighted by atomic mass is 19.1. The smallest absolute Gasteiger partial charge is 0.261 e. The van der Waals surface area contributed by atoms with Crippen LogP contribution in [-0.2, 0) is 11.8 Å². The summed E-state index contributed by atoms with van der Waals surface area (Å²) in [7, 11) is 1.90. The number of nitrogens with zero attached hydrogens (tertiary/aromatic N) is 2. The lowest BCUT2D eigenvalue weighted by Crippen LogP contribution is -2.45. The molecule has 4 rings (SSSR count). The first-order valence-corrected chi connectivity index (χ1v) is 10.3. The van der Waals surface area contributed by atoms with Gasteiger partial charge in [-0.05, 0) is 63.6 Å². The fourth-order valence-corrected chi connectivity index (χ4v) is 4.77. The Balaban J connectivity index is 1.74. The van der Waals surface area contributed by atoms with Crippen LogP contribution in [0.2, 0.25) is 0 Å². The van der Waals surface area contributed by atoms with Crippen LogP contribution in [0.5, 0.6) is 0 Å². The largest absolute Gasteiger partial charge is 0.351 e. The van der Waals surface area contributed by atoms with Crippen LogP contribution in [0.3, 0.4) is 0 Å². The minimum Gasteiger partial charge on any atom is -0.351 e. The second-order valence-corrected chi connectivity index (χ2v) is 8.54. The van der Waals surface area contributed by atoms with Gasteiger partial charge in [0.15, 0.2) is 0 Å². The maximum Gasteiger partial charge on any atom is 0.261 e. The van der Waals surface area contributed by atoms with E-state index in [2.05, 4.69) is 12.2 Å². The zero-order chi connectivity index (χ0) is 20.9. The molecule has 0 bridgehead atoms. The molecule has 29 heavy (non-hydrogen) atoms. The summed E-state index contributed by atoms with van der Waals surface area (Å²) in [4.78, 5) is 28.2. The third-order valence-corrected chi connectivity index (χ3v) is 6.69. The molecule has 1 N–H and O–H groups in total. The Kier molecular flexibility index (Phi) is 4.97. The average Bonchev–Trinajstić information content (AvgIpc) is 3.11. The first kappa shape index (κ1) is 19.7. The van der Waals surface area contributed by atoms with Crippen molar-refractivity contribution in [3.63, 3.8) is 0 Å². The lowest BCUT2D eigenvalue weighted by atomic mass is 9.87. The van der Waals surface area contributed by atoms with Gasteiger partial charge in [-0.3, -0.25) is 14.5 Å². The van der Waals surface area contributed by atoms with Gasteiger partial charge in [0.25, 0.3) is 5.91 Å². The van der Waals surface area contributed by atoms with Crippen LogP contribution in [0.4, 0.5) is 10.1 Å².